The fourth-order valence-electron chi connectivity index (χ4n) is 1.66. The van der Waals surface area contributed by atoms with Crippen LogP contribution in [0.25, 0.3) is 0 Å². The van der Waals surface area contributed by atoms with Crippen LogP contribution in [0.1, 0.15) is 38.3 Å². The molecule has 1 nitrogen and oxygen atoms in total. The van der Waals surface area contributed by atoms with Crippen molar-refractivity contribution in [1.29, 1.82) is 0 Å². The van der Waals surface area contributed by atoms with Crippen molar-refractivity contribution in [2.24, 2.45) is 5.41 Å². The van der Waals surface area contributed by atoms with Gasteiger partial charge in [-0.25, -0.2) is 0 Å². The van der Waals surface area contributed by atoms with Crippen molar-refractivity contribution in [3.05, 3.63) is 29.3 Å². The predicted molar refractivity (Wildman–Crippen MR) is 65.5 cm³/mol. The molecule has 0 aliphatic heterocycles. The van der Waals surface area contributed by atoms with Gasteiger partial charge < -0.3 is 4.74 Å². The second kappa shape index (κ2) is 4.69. The van der Waals surface area contributed by atoms with Crippen molar-refractivity contribution in [1.82, 2.24) is 0 Å². The van der Waals surface area contributed by atoms with Crippen molar-refractivity contribution in [3.63, 3.8) is 0 Å². The molecule has 0 radical (unpaired) electrons. The Kier molecular flexibility index (Phi) is 3.78. The molecule has 0 unspecified atom stereocenters. The van der Waals surface area contributed by atoms with Gasteiger partial charge in [0.1, 0.15) is 5.75 Å². The molecule has 0 aliphatic carbocycles. The van der Waals surface area contributed by atoms with Crippen LogP contribution in [0.4, 0.5) is 0 Å². The maximum Gasteiger partial charge on any atom is 0.122 e. The molecule has 1 aromatic rings. The number of hydrogen-bond acceptors (Lipinski definition) is 1. The van der Waals surface area contributed by atoms with Crippen LogP contribution in [-0.4, -0.2) is 7.11 Å². The van der Waals surface area contributed by atoms with Gasteiger partial charge in [-0.15, -0.1) is 0 Å². The molecule has 0 aromatic heterocycles. The Morgan fingerprint density at radius 3 is 2.40 bits per heavy atom. The van der Waals surface area contributed by atoms with E-state index < -0.39 is 0 Å². The molecule has 15 heavy (non-hydrogen) atoms. The molecule has 0 fully saturated rings. The first-order valence-corrected chi connectivity index (χ1v) is 5.56. The number of methoxy groups -OCH3 is 1. The second-order valence-corrected chi connectivity index (χ2v) is 5.31. The maximum atomic E-state index is 5.32. The first kappa shape index (κ1) is 12.1. The maximum absolute atomic E-state index is 5.32. The average Bonchev–Trinajstić information content (AvgIpc) is 2.15. The van der Waals surface area contributed by atoms with Crippen LogP contribution in [0.2, 0.25) is 0 Å². The Hall–Kier alpha value is -0.980. The molecule has 0 bridgehead atoms. The minimum Gasteiger partial charge on any atom is -0.496 e. The van der Waals surface area contributed by atoms with Crippen molar-refractivity contribution in [2.75, 3.05) is 7.11 Å². The number of rotatable bonds is 3. The number of aryl methyl sites for hydroxylation is 1. The van der Waals surface area contributed by atoms with Crippen molar-refractivity contribution in [2.45, 2.75) is 40.5 Å². The molecule has 1 heteroatoms. The molecular formula is C14H22O. The number of benzene rings is 1. The molecule has 0 aliphatic rings. The van der Waals surface area contributed by atoms with E-state index in [2.05, 4.69) is 39.8 Å². The van der Waals surface area contributed by atoms with Gasteiger partial charge in [0.15, 0.2) is 0 Å². The molecule has 84 valence electrons. The third kappa shape index (κ3) is 3.58. The third-order valence-corrected chi connectivity index (χ3v) is 2.76. The first-order chi connectivity index (χ1) is 6.94. The van der Waals surface area contributed by atoms with Gasteiger partial charge in [0, 0.05) is 0 Å². The van der Waals surface area contributed by atoms with Gasteiger partial charge in [-0.3, -0.25) is 0 Å². The van der Waals surface area contributed by atoms with E-state index >= 15 is 0 Å². The molecule has 0 heterocycles. The highest BCUT2D eigenvalue weighted by molar-refractivity contribution is 5.39. The molecule has 0 spiro atoms. The molecule has 1 aromatic carbocycles. The van der Waals surface area contributed by atoms with Gasteiger partial charge in [0.2, 0.25) is 0 Å². The molecule has 0 saturated carbocycles. The van der Waals surface area contributed by atoms with Gasteiger partial charge in [0.05, 0.1) is 7.11 Å². The summed E-state index contributed by atoms with van der Waals surface area (Å²) >= 11 is 0. The lowest BCUT2D eigenvalue weighted by molar-refractivity contribution is 0.376. The fraction of sp³-hybridized carbons (Fsp3) is 0.571. The van der Waals surface area contributed by atoms with Crippen LogP contribution < -0.4 is 4.74 Å². The Morgan fingerprint density at radius 1 is 1.20 bits per heavy atom. The van der Waals surface area contributed by atoms with Crippen LogP contribution in [0.5, 0.6) is 5.75 Å². The summed E-state index contributed by atoms with van der Waals surface area (Å²) in [5.41, 5.74) is 3.09. The zero-order valence-corrected chi connectivity index (χ0v) is 10.6. The van der Waals surface area contributed by atoms with Gasteiger partial charge in [-0.1, -0.05) is 32.9 Å². The van der Waals surface area contributed by atoms with Crippen LogP contribution in [-0.2, 0) is 6.42 Å². The fourth-order valence-corrected chi connectivity index (χ4v) is 1.66. The highest BCUT2D eigenvalue weighted by Crippen LogP contribution is 2.26. The van der Waals surface area contributed by atoms with E-state index in [1.165, 1.54) is 17.5 Å². The van der Waals surface area contributed by atoms with E-state index in [0.29, 0.717) is 5.41 Å². The summed E-state index contributed by atoms with van der Waals surface area (Å²) in [4.78, 5) is 0. The summed E-state index contributed by atoms with van der Waals surface area (Å²) in [5.74, 6) is 1.00. The molecule has 0 amide bonds. The first-order valence-electron chi connectivity index (χ1n) is 5.56. The SMILES string of the molecule is COc1cccc(CCC(C)(C)C)c1C. The van der Waals surface area contributed by atoms with Crippen LogP contribution in [0.3, 0.4) is 0 Å². The summed E-state index contributed by atoms with van der Waals surface area (Å²) in [5, 5.41) is 0. The van der Waals surface area contributed by atoms with Gasteiger partial charge in [0.25, 0.3) is 0 Å². The summed E-state index contributed by atoms with van der Waals surface area (Å²) in [6.07, 6.45) is 2.34. The lowest BCUT2D eigenvalue weighted by Gasteiger charge is -2.19. The standard InChI is InChI=1S/C14H22O/c1-11-12(9-10-14(2,3)4)7-6-8-13(11)15-5/h6-8H,9-10H2,1-5H3. The van der Waals surface area contributed by atoms with E-state index in [9.17, 15) is 0 Å². The van der Waals surface area contributed by atoms with Crippen LogP contribution in [0.15, 0.2) is 18.2 Å². The zero-order chi connectivity index (χ0) is 11.5. The normalized spacial score (nSPS) is 11.5. The Labute approximate surface area is 93.5 Å². The Bertz CT molecular complexity index is 321. The summed E-state index contributed by atoms with van der Waals surface area (Å²) < 4.78 is 5.32. The lowest BCUT2D eigenvalue weighted by Crippen LogP contribution is -2.07. The molecule has 1 rings (SSSR count). The topological polar surface area (TPSA) is 9.23 Å². The van der Waals surface area contributed by atoms with E-state index in [1.54, 1.807) is 7.11 Å². The molecular weight excluding hydrogens is 184 g/mol. The minimum atomic E-state index is 0.398. The number of ether oxygens (including phenoxy) is 1. The summed E-state index contributed by atoms with van der Waals surface area (Å²) in [6.45, 7) is 8.98. The smallest absolute Gasteiger partial charge is 0.122 e. The summed E-state index contributed by atoms with van der Waals surface area (Å²) in [7, 11) is 1.73. The zero-order valence-electron chi connectivity index (χ0n) is 10.6. The Morgan fingerprint density at radius 2 is 1.87 bits per heavy atom. The average molecular weight is 206 g/mol. The highest BCUT2D eigenvalue weighted by Gasteiger charge is 2.11. The predicted octanol–water partition coefficient (Wildman–Crippen LogP) is 3.98. The van der Waals surface area contributed by atoms with Gasteiger partial charge in [-0.2, -0.15) is 0 Å². The molecule has 0 N–H and O–H groups in total. The van der Waals surface area contributed by atoms with Crippen LogP contribution >= 0.6 is 0 Å². The molecule has 0 atom stereocenters. The monoisotopic (exact) mass is 206 g/mol. The highest BCUT2D eigenvalue weighted by atomic mass is 16.5. The second-order valence-electron chi connectivity index (χ2n) is 5.31. The van der Waals surface area contributed by atoms with Crippen molar-refractivity contribution < 1.29 is 4.74 Å². The largest absolute Gasteiger partial charge is 0.496 e. The van der Waals surface area contributed by atoms with E-state index in [1.807, 2.05) is 6.07 Å². The van der Waals surface area contributed by atoms with Crippen molar-refractivity contribution in [3.8, 4) is 5.75 Å². The van der Waals surface area contributed by atoms with Crippen LogP contribution in [0, 0.1) is 12.3 Å². The Balaban J connectivity index is 2.78. The minimum absolute atomic E-state index is 0.398. The third-order valence-electron chi connectivity index (χ3n) is 2.76. The van der Waals surface area contributed by atoms with Gasteiger partial charge in [-0.05, 0) is 42.4 Å². The van der Waals surface area contributed by atoms with E-state index in [4.69, 9.17) is 4.74 Å². The number of hydrogen-bond donors (Lipinski definition) is 0. The van der Waals surface area contributed by atoms with E-state index in [0.717, 1.165) is 12.2 Å². The quantitative estimate of drug-likeness (QED) is 0.726. The summed E-state index contributed by atoms with van der Waals surface area (Å²) in [6, 6.07) is 6.29. The van der Waals surface area contributed by atoms with Gasteiger partial charge >= 0.3 is 0 Å². The molecule has 0 saturated heterocycles. The van der Waals surface area contributed by atoms with E-state index in [-0.39, 0.29) is 0 Å². The van der Waals surface area contributed by atoms with Crippen molar-refractivity contribution >= 4 is 0 Å². The lowest BCUT2D eigenvalue weighted by atomic mass is 9.87.